The van der Waals surface area contributed by atoms with Gasteiger partial charge in [0, 0.05) is 30.9 Å². The number of nitrogens with one attached hydrogen (secondary N) is 1. The van der Waals surface area contributed by atoms with Crippen molar-refractivity contribution in [2.75, 3.05) is 25.4 Å². The molecule has 0 spiro atoms. The van der Waals surface area contributed by atoms with E-state index in [0.717, 1.165) is 49.9 Å². The van der Waals surface area contributed by atoms with E-state index in [1.54, 1.807) is 12.1 Å². The van der Waals surface area contributed by atoms with Gasteiger partial charge in [0.1, 0.15) is 5.82 Å². The second-order valence-electron chi connectivity index (χ2n) is 8.32. The number of aromatic amines is 1. The Labute approximate surface area is 174 Å². The van der Waals surface area contributed by atoms with Gasteiger partial charge in [-0.25, -0.2) is 9.18 Å². The zero-order chi connectivity index (χ0) is 19.8. The summed E-state index contributed by atoms with van der Waals surface area (Å²) in [6, 6.07) is 15.2. The fraction of sp³-hybridized carbons (Fsp3) is 0.435. The number of halogens is 1. The molecule has 2 aliphatic heterocycles. The van der Waals surface area contributed by atoms with Gasteiger partial charge in [-0.3, -0.25) is 4.57 Å². The van der Waals surface area contributed by atoms with Crippen LogP contribution < -0.4 is 5.69 Å². The number of piperidine rings is 1. The minimum Gasteiger partial charge on any atom is -0.306 e. The van der Waals surface area contributed by atoms with Crippen LogP contribution in [0.2, 0.25) is 0 Å². The summed E-state index contributed by atoms with van der Waals surface area (Å²) in [5.74, 6) is 1.69. The lowest BCUT2D eigenvalue weighted by Gasteiger charge is -2.34. The summed E-state index contributed by atoms with van der Waals surface area (Å²) in [6.07, 6.45) is 3.20. The van der Waals surface area contributed by atoms with Crippen LogP contribution in [0, 0.1) is 11.7 Å². The number of nitrogens with zero attached hydrogens (tertiary/aromatic N) is 2. The number of fused-ring (bicyclic) bond motifs is 1. The maximum absolute atomic E-state index is 13.2. The van der Waals surface area contributed by atoms with Crippen LogP contribution in [0.25, 0.3) is 11.0 Å². The first kappa shape index (κ1) is 18.9. The average molecular weight is 412 g/mol. The summed E-state index contributed by atoms with van der Waals surface area (Å²) in [4.78, 5) is 18.0. The number of benzene rings is 2. The van der Waals surface area contributed by atoms with Crippen LogP contribution in [-0.2, 0) is 0 Å². The molecule has 2 aromatic carbocycles. The summed E-state index contributed by atoms with van der Waals surface area (Å²) < 4.78 is 15.1. The van der Waals surface area contributed by atoms with Crippen LogP contribution in [0.1, 0.15) is 36.1 Å². The van der Waals surface area contributed by atoms with E-state index in [1.807, 2.05) is 52.7 Å². The van der Waals surface area contributed by atoms with Gasteiger partial charge in [-0.1, -0.05) is 24.3 Å². The predicted octanol–water partition coefficient (Wildman–Crippen LogP) is 4.60. The molecule has 6 heteroatoms. The van der Waals surface area contributed by atoms with Crippen molar-refractivity contribution >= 4 is 22.8 Å². The molecule has 3 heterocycles. The summed E-state index contributed by atoms with van der Waals surface area (Å²) in [5.41, 5.74) is 3.20. The van der Waals surface area contributed by atoms with E-state index in [2.05, 4.69) is 9.88 Å². The third-order valence-electron chi connectivity index (χ3n) is 6.38. The van der Waals surface area contributed by atoms with Gasteiger partial charge >= 0.3 is 5.69 Å². The van der Waals surface area contributed by atoms with Gasteiger partial charge < -0.3 is 9.88 Å². The van der Waals surface area contributed by atoms with Crippen LogP contribution in [0.4, 0.5) is 4.39 Å². The zero-order valence-corrected chi connectivity index (χ0v) is 17.2. The molecule has 1 aromatic heterocycles. The first-order valence-electron chi connectivity index (χ1n) is 10.5. The monoisotopic (exact) mass is 411 g/mol. The topological polar surface area (TPSA) is 41.0 Å². The smallest absolute Gasteiger partial charge is 0.306 e. The van der Waals surface area contributed by atoms with Crippen molar-refractivity contribution in [3.05, 3.63) is 70.4 Å². The molecule has 0 saturated carbocycles. The van der Waals surface area contributed by atoms with Crippen molar-refractivity contribution in [1.82, 2.24) is 14.5 Å². The number of imidazole rings is 1. The lowest BCUT2D eigenvalue weighted by molar-refractivity contribution is 0.166. The highest BCUT2D eigenvalue weighted by Crippen LogP contribution is 2.43. The Balaban J connectivity index is 1.18. The van der Waals surface area contributed by atoms with Crippen LogP contribution in [-0.4, -0.2) is 39.8 Å². The molecule has 5 rings (SSSR count). The van der Waals surface area contributed by atoms with Crippen molar-refractivity contribution in [2.24, 2.45) is 5.92 Å². The SMILES string of the molecule is O=c1[nH]c2ccccc2n1C1CCN(CC2CSC(c3ccc(F)cc3)C2)CC1. The van der Waals surface area contributed by atoms with Gasteiger partial charge in [-0.2, -0.15) is 11.8 Å². The number of hydrogen-bond donors (Lipinski definition) is 1. The summed E-state index contributed by atoms with van der Waals surface area (Å²) in [5, 5.41) is 0.489. The highest BCUT2D eigenvalue weighted by Gasteiger charge is 2.30. The van der Waals surface area contributed by atoms with Crippen LogP contribution in [0.5, 0.6) is 0 Å². The van der Waals surface area contributed by atoms with Gasteiger partial charge in [0.25, 0.3) is 0 Å². The number of rotatable bonds is 4. The highest BCUT2D eigenvalue weighted by atomic mass is 32.2. The molecule has 2 aliphatic rings. The third-order valence-corrected chi connectivity index (χ3v) is 7.92. The molecule has 0 radical (unpaired) electrons. The van der Waals surface area contributed by atoms with Crippen molar-refractivity contribution < 1.29 is 4.39 Å². The van der Waals surface area contributed by atoms with Gasteiger partial charge in [-0.15, -0.1) is 0 Å². The third kappa shape index (κ3) is 3.88. The molecule has 2 unspecified atom stereocenters. The maximum atomic E-state index is 13.2. The standard InChI is InChI=1S/C23H26FN3OS/c24-18-7-5-17(6-8-18)22-13-16(15-29-22)14-26-11-9-19(10-12-26)27-21-4-2-1-3-20(21)25-23(27)28/h1-8,16,19,22H,9-15H2,(H,25,28). The van der Waals surface area contributed by atoms with Crippen molar-refractivity contribution in [3.63, 3.8) is 0 Å². The number of hydrogen-bond acceptors (Lipinski definition) is 3. The molecule has 4 nitrogen and oxygen atoms in total. The molecule has 29 heavy (non-hydrogen) atoms. The molecule has 2 saturated heterocycles. The fourth-order valence-corrected chi connectivity index (χ4v) is 6.39. The molecule has 2 atom stereocenters. The second-order valence-corrected chi connectivity index (χ2v) is 9.56. The first-order chi connectivity index (χ1) is 14.2. The first-order valence-corrected chi connectivity index (χ1v) is 11.5. The van der Waals surface area contributed by atoms with E-state index in [-0.39, 0.29) is 17.5 Å². The van der Waals surface area contributed by atoms with Crippen LogP contribution in [0.3, 0.4) is 0 Å². The van der Waals surface area contributed by atoms with Gasteiger partial charge in [0.15, 0.2) is 0 Å². The van der Waals surface area contributed by atoms with Gasteiger partial charge in [-0.05, 0) is 60.8 Å². The lowest BCUT2D eigenvalue weighted by Crippen LogP contribution is -2.39. The molecular weight excluding hydrogens is 385 g/mol. The van der Waals surface area contributed by atoms with E-state index in [9.17, 15) is 9.18 Å². The molecule has 152 valence electrons. The molecule has 2 fully saturated rings. The summed E-state index contributed by atoms with van der Waals surface area (Å²) in [7, 11) is 0. The average Bonchev–Trinajstić information content (AvgIpc) is 3.33. The van der Waals surface area contributed by atoms with Gasteiger partial charge in [0.2, 0.25) is 0 Å². The summed E-state index contributed by atoms with van der Waals surface area (Å²) >= 11 is 2.00. The molecule has 0 bridgehead atoms. The minimum absolute atomic E-state index is 0.0129. The van der Waals surface area contributed by atoms with E-state index >= 15 is 0 Å². The Morgan fingerprint density at radius 1 is 1.07 bits per heavy atom. The molecule has 0 amide bonds. The van der Waals surface area contributed by atoms with Crippen molar-refractivity contribution in [2.45, 2.75) is 30.6 Å². The van der Waals surface area contributed by atoms with Crippen molar-refractivity contribution in [1.29, 1.82) is 0 Å². The van der Waals surface area contributed by atoms with Gasteiger partial charge in [0.05, 0.1) is 11.0 Å². The number of likely N-dealkylation sites (tertiary alicyclic amines) is 1. The second kappa shape index (κ2) is 8.00. The Hall–Kier alpha value is -2.05. The maximum Gasteiger partial charge on any atom is 0.326 e. The molecule has 1 N–H and O–H groups in total. The lowest BCUT2D eigenvalue weighted by atomic mass is 9.98. The Bertz CT molecular complexity index is 1040. The summed E-state index contributed by atoms with van der Waals surface area (Å²) in [6.45, 7) is 3.21. The molecule has 0 aliphatic carbocycles. The number of aromatic nitrogens is 2. The molecular formula is C23H26FN3OS. The van der Waals surface area contributed by atoms with E-state index in [4.69, 9.17) is 0 Å². The van der Waals surface area contributed by atoms with Crippen molar-refractivity contribution in [3.8, 4) is 0 Å². The van der Waals surface area contributed by atoms with E-state index < -0.39 is 0 Å². The number of thioether (sulfide) groups is 1. The Kier molecular flexibility index (Phi) is 5.22. The minimum atomic E-state index is -0.162. The zero-order valence-electron chi connectivity index (χ0n) is 16.4. The van der Waals surface area contributed by atoms with E-state index in [1.165, 1.54) is 11.3 Å². The number of para-hydroxylation sites is 2. The number of H-pyrrole nitrogens is 1. The van der Waals surface area contributed by atoms with Crippen LogP contribution in [0.15, 0.2) is 53.3 Å². The normalized spacial score (nSPS) is 23.8. The van der Waals surface area contributed by atoms with E-state index in [0.29, 0.717) is 11.2 Å². The fourth-order valence-electron chi connectivity index (χ4n) is 4.89. The largest absolute Gasteiger partial charge is 0.326 e. The quantitative estimate of drug-likeness (QED) is 0.682. The van der Waals surface area contributed by atoms with Crippen LogP contribution >= 0.6 is 11.8 Å². The predicted molar refractivity (Wildman–Crippen MR) is 117 cm³/mol. The molecule has 3 aromatic rings. The highest BCUT2D eigenvalue weighted by molar-refractivity contribution is 7.99. The Morgan fingerprint density at radius 2 is 1.83 bits per heavy atom. The Morgan fingerprint density at radius 3 is 2.62 bits per heavy atom.